The summed E-state index contributed by atoms with van der Waals surface area (Å²) >= 11 is 6.42. The molecule has 0 bridgehead atoms. The van der Waals surface area contributed by atoms with Crippen molar-refractivity contribution in [2.75, 3.05) is 0 Å². The van der Waals surface area contributed by atoms with E-state index in [1.807, 2.05) is 50.2 Å². The highest BCUT2D eigenvalue weighted by Gasteiger charge is 2.48. The topological polar surface area (TPSA) is 84.9 Å². The first kappa shape index (κ1) is 20.5. The van der Waals surface area contributed by atoms with Crippen LogP contribution in [0, 0.1) is 0 Å². The number of aliphatic hydroxyl groups is 1. The lowest BCUT2D eigenvalue weighted by Gasteiger charge is -2.38. The number of carbonyl (C=O) groups is 1. The Morgan fingerprint density at radius 1 is 1.18 bits per heavy atom. The molecule has 2 aromatic rings. The molecule has 0 saturated heterocycles. The minimum atomic E-state index is -1.18. The van der Waals surface area contributed by atoms with Gasteiger partial charge in [-0.25, -0.2) is 4.99 Å². The van der Waals surface area contributed by atoms with Crippen molar-refractivity contribution in [1.29, 1.82) is 0 Å². The summed E-state index contributed by atoms with van der Waals surface area (Å²) in [5.74, 6) is 0.0281. The van der Waals surface area contributed by atoms with Crippen molar-refractivity contribution in [3.63, 3.8) is 0 Å². The number of rotatable bonds is 6. The van der Waals surface area contributed by atoms with E-state index in [1.54, 1.807) is 18.2 Å². The normalized spacial score (nSPS) is 24.2. The molecule has 0 amide bonds. The number of aliphatic hydroxyl groups excluding tert-OH is 1. The fraction of sp³-hybridized carbons (Fsp3) is 0.364. The van der Waals surface area contributed by atoms with Gasteiger partial charge in [-0.05, 0) is 24.5 Å². The van der Waals surface area contributed by atoms with E-state index in [0.717, 1.165) is 0 Å². The summed E-state index contributed by atoms with van der Waals surface area (Å²) < 4.78 is 5.84. The molecule has 0 fully saturated rings. The summed E-state index contributed by atoms with van der Waals surface area (Å²) in [6.45, 7) is 3.76. The van der Waals surface area contributed by atoms with Crippen LogP contribution in [0.4, 0.5) is 0 Å². The predicted octanol–water partition coefficient (Wildman–Crippen LogP) is 3.78. The second-order valence-corrected chi connectivity index (χ2v) is 7.31. The van der Waals surface area contributed by atoms with Crippen molar-refractivity contribution in [2.45, 2.75) is 50.5 Å². The average Bonchev–Trinajstić information content (AvgIpc) is 2.74. The lowest BCUT2D eigenvalue weighted by molar-refractivity contribution is -0.134. The van der Waals surface area contributed by atoms with Gasteiger partial charge in [0.05, 0.1) is 0 Å². The zero-order valence-electron chi connectivity index (χ0n) is 16.0. The van der Waals surface area contributed by atoms with Crippen molar-refractivity contribution >= 4 is 23.3 Å². The van der Waals surface area contributed by atoms with Gasteiger partial charge in [0.1, 0.15) is 12.1 Å². The smallest absolute Gasteiger partial charge is 0.205 e. The minimum absolute atomic E-state index is 0.143. The number of carbonyl (C=O) groups excluding carboxylic acids is 1. The van der Waals surface area contributed by atoms with E-state index in [-0.39, 0.29) is 11.7 Å². The SMILES string of the molecule is CCC1OC(C(N)C(O)c2ccccc2)=NC(CC)(c2ccccc2Cl)C1=O. The molecule has 3 N–H and O–H groups in total. The molecule has 0 saturated carbocycles. The second kappa shape index (κ2) is 8.43. The number of ketones is 1. The van der Waals surface area contributed by atoms with Crippen molar-refractivity contribution in [1.82, 2.24) is 0 Å². The molecule has 148 valence electrons. The van der Waals surface area contributed by atoms with Gasteiger partial charge in [0.2, 0.25) is 11.7 Å². The summed E-state index contributed by atoms with van der Waals surface area (Å²) in [6.07, 6.45) is -0.824. The molecule has 6 heteroatoms. The van der Waals surface area contributed by atoms with Crippen LogP contribution in [0.1, 0.15) is 43.9 Å². The average molecular weight is 401 g/mol. The Hall–Kier alpha value is -2.21. The summed E-state index contributed by atoms with van der Waals surface area (Å²) in [5.41, 5.74) is 6.44. The van der Waals surface area contributed by atoms with E-state index in [1.165, 1.54) is 0 Å². The lowest BCUT2D eigenvalue weighted by atomic mass is 9.79. The molecule has 4 unspecified atom stereocenters. The Kier molecular flexibility index (Phi) is 6.18. The van der Waals surface area contributed by atoms with E-state index < -0.39 is 23.8 Å². The van der Waals surface area contributed by atoms with Crippen LogP contribution in [-0.4, -0.2) is 28.9 Å². The molecule has 1 aliphatic rings. The highest BCUT2D eigenvalue weighted by molar-refractivity contribution is 6.32. The zero-order chi connectivity index (χ0) is 20.3. The van der Waals surface area contributed by atoms with Gasteiger partial charge in [0.15, 0.2) is 11.6 Å². The van der Waals surface area contributed by atoms with Gasteiger partial charge in [0.25, 0.3) is 0 Å². The van der Waals surface area contributed by atoms with Crippen molar-refractivity contribution in [3.8, 4) is 0 Å². The molecule has 0 aromatic heterocycles. The van der Waals surface area contributed by atoms with E-state index >= 15 is 0 Å². The molecule has 5 nitrogen and oxygen atoms in total. The number of hydrogen-bond acceptors (Lipinski definition) is 5. The van der Waals surface area contributed by atoms with Crippen LogP contribution >= 0.6 is 11.6 Å². The summed E-state index contributed by atoms with van der Waals surface area (Å²) in [6, 6.07) is 15.4. The van der Waals surface area contributed by atoms with Crippen molar-refractivity contribution < 1.29 is 14.6 Å². The molecular formula is C22H25ClN2O3. The van der Waals surface area contributed by atoms with E-state index in [0.29, 0.717) is 29.0 Å². The Morgan fingerprint density at radius 2 is 1.82 bits per heavy atom. The fourth-order valence-electron chi connectivity index (χ4n) is 3.58. The first-order chi connectivity index (χ1) is 13.4. The Balaban J connectivity index is 2.09. The molecule has 3 rings (SSSR count). The monoisotopic (exact) mass is 400 g/mol. The van der Waals surface area contributed by atoms with Crippen LogP contribution < -0.4 is 5.73 Å². The molecule has 1 heterocycles. The number of hydrogen-bond donors (Lipinski definition) is 2. The highest BCUT2D eigenvalue weighted by atomic mass is 35.5. The van der Waals surface area contributed by atoms with Crippen LogP contribution in [-0.2, 0) is 15.1 Å². The highest BCUT2D eigenvalue weighted by Crippen LogP contribution is 2.40. The molecular weight excluding hydrogens is 376 g/mol. The minimum Gasteiger partial charge on any atom is -0.468 e. The molecule has 0 aliphatic carbocycles. The maximum absolute atomic E-state index is 13.3. The number of halogens is 1. The third kappa shape index (κ3) is 3.58. The lowest BCUT2D eigenvalue weighted by Crippen LogP contribution is -2.52. The second-order valence-electron chi connectivity index (χ2n) is 6.90. The van der Waals surface area contributed by atoms with E-state index in [9.17, 15) is 9.90 Å². The Labute approximate surface area is 170 Å². The number of benzene rings is 2. The maximum Gasteiger partial charge on any atom is 0.205 e. The molecule has 2 aromatic carbocycles. The third-order valence-corrected chi connectivity index (χ3v) is 5.56. The Morgan fingerprint density at radius 3 is 2.43 bits per heavy atom. The van der Waals surface area contributed by atoms with Gasteiger partial charge in [-0.15, -0.1) is 0 Å². The predicted molar refractivity (Wildman–Crippen MR) is 110 cm³/mol. The summed E-state index contributed by atoms with van der Waals surface area (Å²) in [5, 5.41) is 11.2. The van der Waals surface area contributed by atoms with Gasteiger partial charge in [-0.2, -0.15) is 0 Å². The van der Waals surface area contributed by atoms with Crippen molar-refractivity contribution in [3.05, 3.63) is 70.7 Å². The molecule has 0 spiro atoms. The summed E-state index contributed by atoms with van der Waals surface area (Å²) in [7, 11) is 0. The standard InChI is InChI=1S/C22H25ClN2O3/c1-3-17-20(27)22(4-2,15-12-8-9-13-16(15)23)25-21(28-17)18(24)19(26)14-10-6-5-7-11-14/h5-13,17-19,26H,3-4,24H2,1-2H3. The fourth-order valence-corrected chi connectivity index (χ4v) is 3.87. The van der Waals surface area contributed by atoms with Crippen LogP contribution in [0.3, 0.4) is 0 Å². The van der Waals surface area contributed by atoms with E-state index in [4.69, 9.17) is 22.1 Å². The first-order valence-corrected chi connectivity index (χ1v) is 9.86. The first-order valence-electron chi connectivity index (χ1n) is 9.49. The zero-order valence-corrected chi connectivity index (χ0v) is 16.8. The van der Waals surface area contributed by atoms with Crippen LogP contribution in [0.2, 0.25) is 5.02 Å². The van der Waals surface area contributed by atoms with Crippen LogP contribution in [0.25, 0.3) is 0 Å². The van der Waals surface area contributed by atoms with Crippen LogP contribution in [0.5, 0.6) is 0 Å². The number of ether oxygens (including phenoxy) is 1. The van der Waals surface area contributed by atoms with Gasteiger partial charge in [0, 0.05) is 10.6 Å². The molecule has 0 radical (unpaired) electrons. The Bertz CT molecular complexity index is 871. The molecule has 28 heavy (non-hydrogen) atoms. The maximum atomic E-state index is 13.3. The van der Waals surface area contributed by atoms with E-state index in [2.05, 4.69) is 4.99 Å². The van der Waals surface area contributed by atoms with Gasteiger partial charge >= 0.3 is 0 Å². The molecule has 4 atom stereocenters. The van der Waals surface area contributed by atoms with Gasteiger partial charge in [-0.1, -0.05) is 74.0 Å². The van der Waals surface area contributed by atoms with Crippen molar-refractivity contribution in [2.24, 2.45) is 10.7 Å². The molecule has 1 aliphatic heterocycles. The number of aliphatic imine (C=N–C) groups is 1. The van der Waals surface area contributed by atoms with Gasteiger partial charge < -0.3 is 15.6 Å². The number of nitrogens with two attached hydrogens (primary N) is 1. The third-order valence-electron chi connectivity index (χ3n) is 5.23. The number of Topliss-reactive ketones (excluding diaryl/α,β-unsaturated/α-hetero) is 1. The quantitative estimate of drug-likeness (QED) is 0.772. The largest absolute Gasteiger partial charge is 0.468 e. The van der Waals surface area contributed by atoms with Gasteiger partial charge in [-0.3, -0.25) is 4.79 Å². The number of nitrogens with zero attached hydrogens (tertiary/aromatic N) is 1. The van der Waals surface area contributed by atoms with Crippen LogP contribution in [0.15, 0.2) is 59.6 Å². The summed E-state index contributed by atoms with van der Waals surface area (Å²) in [4.78, 5) is 17.9.